The summed E-state index contributed by atoms with van der Waals surface area (Å²) in [6, 6.07) is 9.69. The first-order valence-electron chi connectivity index (χ1n) is 5.76. The van der Waals surface area contributed by atoms with E-state index in [0.29, 0.717) is 12.1 Å². The summed E-state index contributed by atoms with van der Waals surface area (Å²) in [7, 11) is 0. The van der Waals surface area contributed by atoms with Crippen molar-refractivity contribution in [2.24, 2.45) is 5.73 Å². The molecular formula is C13H17N3. The Hall–Kier alpha value is -1.53. The Morgan fingerprint density at radius 2 is 1.88 bits per heavy atom. The number of nitrogens with zero attached hydrogens (tertiary/aromatic N) is 1. The van der Waals surface area contributed by atoms with Gasteiger partial charge in [0.05, 0.1) is 11.6 Å². The zero-order valence-electron chi connectivity index (χ0n) is 9.37. The van der Waals surface area contributed by atoms with E-state index in [0.717, 1.165) is 18.5 Å². The van der Waals surface area contributed by atoms with Crippen molar-refractivity contribution in [2.75, 3.05) is 11.9 Å². The normalized spacial score (nSPS) is 18.0. The molecule has 16 heavy (non-hydrogen) atoms. The molecule has 0 unspecified atom stereocenters. The van der Waals surface area contributed by atoms with Crippen molar-refractivity contribution in [3.05, 3.63) is 29.8 Å². The lowest BCUT2D eigenvalue weighted by Crippen LogP contribution is -2.42. The average Bonchev–Trinajstić information content (AvgIpc) is 2.79. The van der Waals surface area contributed by atoms with Gasteiger partial charge in [-0.2, -0.15) is 5.26 Å². The van der Waals surface area contributed by atoms with Gasteiger partial charge in [0.25, 0.3) is 0 Å². The van der Waals surface area contributed by atoms with Gasteiger partial charge in [0.15, 0.2) is 0 Å². The number of hydrogen-bond acceptors (Lipinski definition) is 3. The minimum Gasteiger partial charge on any atom is -0.378 e. The van der Waals surface area contributed by atoms with Crippen LogP contribution in [0.1, 0.15) is 31.2 Å². The highest BCUT2D eigenvalue weighted by atomic mass is 15.0. The molecule has 1 aliphatic rings. The van der Waals surface area contributed by atoms with Crippen LogP contribution in [0.4, 0.5) is 5.69 Å². The first kappa shape index (κ1) is 11.0. The zero-order chi connectivity index (χ0) is 11.4. The lowest BCUT2D eigenvalue weighted by molar-refractivity contribution is 0.493. The maximum absolute atomic E-state index is 8.72. The monoisotopic (exact) mass is 215 g/mol. The maximum atomic E-state index is 8.72. The van der Waals surface area contributed by atoms with Crippen LogP contribution in [0.3, 0.4) is 0 Å². The molecule has 3 nitrogen and oxygen atoms in total. The van der Waals surface area contributed by atoms with Crippen molar-refractivity contribution in [1.29, 1.82) is 5.26 Å². The third-order valence-electron chi connectivity index (χ3n) is 3.37. The molecule has 3 heteroatoms. The molecule has 1 fully saturated rings. The fourth-order valence-electron chi connectivity index (χ4n) is 2.37. The summed E-state index contributed by atoms with van der Waals surface area (Å²) in [5.74, 6) is 0. The third kappa shape index (κ3) is 2.17. The molecule has 1 saturated carbocycles. The number of nitriles is 1. The van der Waals surface area contributed by atoms with Crippen molar-refractivity contribution < 1.29 is 0 Å². The van der Waals surface area contributed by atoms with Gasteiger partial charge in [-0.25, -0.2) is 0 Å². The molecule has 0 saturated heterocycles. The highest BCUT2D eigenvalue weighted by Crippen LogP contribution is 2.32. The number of rotatable bonds is 3. The van der Waals surface area contributed by atoms with Gasteiger partial charge in [-0.1, -0.05) is 12.8 Å². The van der Waals surface area contributed by atoms with Crippen molar-refractivity contribution in [3.63, 3.8) is 0 Å². The lowest BCUT2D eigenvalue weighted by Gasteiger charge is -2.30. The predicted octanol–water partition coefficient (Wildman–Crippen LogP) is 2.24. The molecule has 0 aliphatic heterocycles. The van der Waals surface area contributed by atoms with E-state index >= 15 is 0 Å². The molecule has 0 atom stereocenters. The van der Waals surface area contributed by atoms with Crippen LogP contribution >= 0.6 is 0 Å². The minimum absolute atomic E-state index is 0.0775. The smallest absolute Gasteiger partial charge is 0.0991 e. The van der Waals surface area contributed by atoms with Crippen molar-refractivity contribution in [2.45, 2.75) is 31.2 Å². The zero-order valence-corrected chi connectivity index (χ0v) is 9.37. The van der Waals surface area contributed by atoms with E-state index in [1.54, 1.807) is 0 Å². The Labute approximate surface area is 96.3 Å². The van der Waals surface area contributed by atoms with E-state index < -0.39 is 0 Å². The van der Waals surface area contributed by atoms with Crippen molar-refractivity contribution in [3.8, 4) is 6.07 Å². The van der Waals surface area contributed by atoms with E-state index in [9.17, 15) is 0 Å². The average molecular weight is 215 g/mol. The van der Waals surface area contributed by atoms with Gasteiger partial charge in [-0.05, 0) is 37.1 Å². The Bertz CT molecular complexity index is 383. The topological polar surface area (TPSA) is 61.8 Å². The van der Waals surface area contributed by atoms with E-state index in [1.807, 2.05) is 24.3 Å². The molecule has 0 aromatic heterocycles. The van der Waals surface area contributed by atoms with Crippen LogP contribution in [-0.2, 0) is 0 Å². The van der Waals surface area contributed by atoms with Crippen molar-refractivity contribution >= 4 is 5.69 Å². The Kier molecular flexibility index (Phi) is 3.12. The summed E-state index contributed by atoms with van der Waals surface area (Å²) in [4.78, 5) is 0. The number of nitrogens with two attached hydrogens (primary N) is 1. The molecule has 0 amide bonds. The molecular weight excluding hydrogens is 198 g/mol. The first-order chi connectivity index (χ1) is 7.78. The van der Waals surface area contributed by atoms with Gasteiger partial charge in [0, 0.05) is 17.8 Å². The second-order valence-corrected chi connectivity index (χ2v) is 4.51. The van der Waals surface area contributed by atoms with Crippen LogP contribution in [0.5, 0.6) is 0 Å². The largest absolute Gasteiger partial charge is 0.378 e. The molecule has 1 aromatic rings. The molecule has 0 spiro atoms. The van der Waals surface area contributed by atoms with Crippen LogP contribution in [-0.4, -0.2) is 12.1 Å². The fraction of sp³-hybridized carbons (Fsp3) is 0.462. The first-order valence-corrected chi connectivity index (χ1v) is 5.76. The summed E-state index contributed by atoms with van der Waals surface area (Å²) in [6.45, 7) is 0.674. The van der Waals surface area contributed by atoms with Crippen molar-refractivity contribution in [1.82, 2.24) is 0 Å². The van der Waals surface area contributed by atoms with Crippen LogP contribution in [0.15, 0.2) is 24.3 Å². The van der Waals surface area contributed by atoms with E-state index in [4.69, 9.17) is 11.0 Å². The Balaban J connectivity index is 2.10. The predicted molar refractivity (Wildman–Crippen MR) is 65.0 cm³/mol. The Morgan fingerprint density at radius 3 is 2.38 bits per heavy atom. The molecule has 84 valence electrons. The van der Waals surface area contributed by atoms with E-state index in [1.165, 1.54) is 12.8 Å². The van der Waals surface area contributed by atoms with Gasteiger partial charge >= 0.3 is 0 Å². The summed E-state index contributed by atoms with van der Waals surface area (Å²) in [6.07, 6.45) is 4.79. The maximum Gasteiger partial charge on any atom is 0.0991 e. The summed E-state index contributed by atoms with van der Waals surface area (Å²) < 4.78 is 0. The van der Waals surface area contributed by atoms with Crippen LogP contribution in [0, 0.1) is 11.3 Å². The van der Waals surface area contributed by atoms with Crippen LogP contribution in [0.25, 0.3) is 0 Å². The van der Waals surface area contributed by atoms with Crippen LogP contribution in [0.2, 0.25) is 0 Å². The lowest BCUT2D eigenvalue weighted by atomic mass is 9.97. The Morgan fingerprint density at radius 1 is 1.25 bits per heavy atom. The molecule has 2 rings (SSSR count). The fourth-order valence-corrected chi connectivity index (χ4v) is 2.37. The standard InChI is InChI=1S/C13H17N3/c14-9-11-3-5-12(6-4-11)16-13(10-15)7-1-2-8-13/h3-6,16H,1-2,7-8,10,15H2. The van der Waals surface area contributed by atoms with Crippen LogP contribution < -0.4 is 11.1 Å². The molecule has 3 N–H and O–H groups in total. The molecule has 1 aliphatic carbocycles. The van der Waals surface area contributed by atoms with Gasteiger partial charge < -0.3 is 11.1 Å². The quantitative estimate of drug-likeness (QED) is 0.812. The number of nitrogens with one attached hydrogen (secondary N) is 1. The van der Waals surface area contributed by atoms with Gasteiger partial charge in [0.1, 0.15) is 0 Å². The van der Waals surface area contributed by atoms with Gasteiger partial charge in [-0.3, -0.25) is 0 Å². The van der Waals surface area contributed by atoms with E-state index in [2.05, 4.69) is 11.4 Å². The second kappa shape index (κ2) is 4.54. The number of hydrogen-bond donors (Lipinski definition) is 2. The van der Waals surface area contributed by atoms with Gasteiger partial charge in [-0.15, -0.1) is 0 Å². The number of benzene rings is 1. The van der Waals surface area contributed by atoms with E-state index in [-0.39, 0.29) is 5.54 Å². The highest BCUT2D eigenvalue weighted by Gasteiger charge is 2.31. The molecule has 0 radical (unpaired) electrons. The summed E-state index contributed by atoms with van der Waals surface area (Å²) in [5.41, 5.74) is 7.69. The third-order valence-corrected chi connectivity index (χ3v) is 3.37. The molecule has 0 bridgehead atoms. The summed E-state index contributed by atoms with van der Waals surface area (Å²) >= 11 is 0. The SMILES string of the molecule is N#Cc1ccc(NC2(CN)CCCC2)cc1. The molecule has 0 heterocycles. The second-order valence-electron chi connectivity index (χ2n) is 4.51. The van der Waals surface area contributed by atoms with Gasteiger partial charge in [0.2, 0.25) is 0 Å². The molecule has 1 aromatic carbocycles. The highest BCUT2D eigenvalue weighted by molar-refractivity contribution is 5.49. The minimum atomic E-state index is 0.0775. The summed E-state index contributed by atoms with van der Waals surface area (Å²) in [5, 5.41) is 12.2. The number of anilines is 1.